The molecule has 0 unspecified atom stereocenters. The molecule has 0 fully saturated rings. The van der Waals surface area contributed by atoms with Crippen molar-refractivity contribution in [2.75, 3.05) is 11.9 Å². The number of rotatable bonds is 0. The Bertz CT molecular complexity index is 1200. The highest BCUT2D eigenvalue weighted by Crippen LogP contribution is 2.36. The van der Waals surface area contributed by atoms with E-state index >= 15 is 0 Å². The maximum Gasteiger partial charge on any atom is 0.185 e. The first-order valence-electron chi connectivity index (χ1n) is 10.3. The number of nitrogens with zero attached hydrogens (tertiary/aromatic N) is 1. The van der Waals surface area contributed by atoms with Crippen LogP contribution in [0.15, 0.2) is 84.9 Å². The van der Waals surface area contributed by atoms with E-state index in [9.17, 15) is 0 Å². The lowest BCUT2D eigenvalue weighted by atomic mass is 10.0. The summed E-state index contributed by atoms with van der Waals surface area (Å²) in [5, 5.41) is 6.09. The summed E-state index contributed by atoms with van der Waals surface area (Å²) in [5.74, 6) is 0. The van der Waals surface area contributed by atoms with Crippen LogP contribution in [-0.2, 0) is 0 Å². The molecular formula is C27H23NSi. The average molecular weight is 390 g/mol. The molecule has 2 aliphatic heterocycles. The van der Waals surface area contributed by atoms with E-state index in [4.69, 9.17) is 0 Å². The molecule has 0 saturated heterocycles. The van der Waals surface area contributed by atoms with Crippen molar-refractivity contribution in [3.05, 3.63) is 96.1 Å². The molecule has 4 aromatic carbocycles. The molecule has 2 aliphatic rings. The Morgan fingerprint density at radius 1 is 0.552 bits per heavy atom. The summed E-state index contributed by atoms with van der Waals surface area (Å²) in [6.45, 7) is 4.41. The van der Waals surface area contributed by atoms with Gasteiger partial charge in [0.2, 0.25) is 0 Å². The lowest BCUT2D eigenvalue weighted by Gasteiger charge is -2.42. The first-order valence-corrected chi connectivity index (χ1v) is 12.3. The van der Waals surface area contributed by atoms with Crippen LogP contribution in [0.5, 0.6) is 0 Å². The minimum atomic E-state index is -2.33. The SMILES string of the molecule is Cc1ccc2c(c1)-c1cc(C)ccc1[Si]21c2ccccc2N(C)c2ccccc21. The van der Waals surface area contributed by atoms with E-state index in [1.54, 1.807) is 0 Å². The summed E-state index contributed by atoms with van der Waals surface area (Å²) in [4.78, 5) is 2.38. The van der Waals surface area contributed by atoms with Crippen molar-refractivity contribution in [2.24, 2.45) is 0 Å². The molecule has 0 amide bonds. The van der Waals surface area contributed by atoms with Gasteiger partial charge < -0.3 is 4.90 Å². The van der Waals surface area contributed by atoms with Gasteiger partial charge >= 0.3 is 0 Å². The highest BCUT2D eigenvalue weighted by atomic mass is 28.3. The zero-order chi connectivity index (χ0) is 19.8. The third-order valence-electron chi connectivity index (χ3n) is 6.79. The van der Waals surface area contributed by atoms with Crippen LogP contribution in [0.2, 0.25) is 0 Å². The maximum absolute atomic E-state index is 2.42. The lowest BCUT2D eigenvalue weighted by Crippen LogP contribution is -2.75. The van der Waals surface area contributed by atoms with Crippen molar-refractivity contribution >= 4 is 40.2 Å². The van der Waals surface area contributed by atoms with Gasteiger partial charge in [0.15, 0.2) is 8.07 Å². The molecule has 0 bridgehead atoms. The molecule has 1 nitrogen and oxygen atoms in total. The van der Waals surface area contributed by atoms with Crippen molar-refractivity contribution in [1.82, 2.24) is 0 Å². The number of fused-ring (bicyclic) bond motifs is 9. The highest BCUT2D eigenvalue weighted by Gasteiger charge is 2.53. The number of anilines is 2. The second-order valence-electron chi connectivity index (χ2n) is 8.44. The predicted molar refractivity (Wildman–Crippen MR) is 127 cm³/mol. The first kappa shape index (κ1) is 16.8. The zero-order valence-electron chi connectivity index (χ0n) is 17.0. The van der Waals surface area contributed by atoms with Gasteiger partial charge in [0.1, 0.15) is 0 Å². The van der Waals surface area contributed by atoms with Gasteiger partial charge in [0.05, 0.1) is 0 Å². The molecule has 29 heavy (non-hydrogen) atoms. The number of benzene rings is 4. The van der Waals surface area contributed by atoms with Crippen LogP contribution in [0, 0.1) is 13.8 Å². The van der Waals surface area contributed by atoms with Crippen LogP contribution in [-0.4, -0.2) is 15.1 Å². The van der Waals surface area contributed by atoms with Gasteiger partial charge in [0.25, 0.3) is 0 Å². The van der Waals surface area contributed by atoms with Crippen molar-refractivity contribution < 1.29 is 0 Å². The van der Waals surface area contributed by atoms with Crippen LogP contribution in [0.4, 0.5) is 11.4 Å². The average Bonchev–Trinajstić information content (AvgIpc) is 3.02. The summed E-state index contributed by atoms with van der Waals surface area (Å²) in [5.41, 5.74) is 8.22. The number of hydrogen-bond donors (Lipinski definition) is 0. The third-order valence-corrected chi connectivity index (χ3v) is 11.7. The molecule has 0 saturated carbocycles. The predicted octanol–water partition coefficient (Wildman–Crippen LogP) is 3.74. The number of aryl methyl sites for hydroxylation is 2. The molecule has 0 aromatic heterocycles. The van der Waals surface area contributed by atoms with Gasteiger partial charge in [-0.15, -0.1) is 0 Å². The quantitative estimate of drug-likeness (QED) is 0.365. The molecule has 0 aliphatic carbocycles. The molecule has 0 atom stereocenters. The fraction of sp³-hybridized carbons (Fsp3) is 0.111. The Kier molecular flexibility index (Phi) is 3.31. The molecule has 2 heteroatoms. The van der Waals surface area contributed by atoms with Crippen molar-refractivity contribution in [2.45, 2.75) is 13.8 Å². The molecule has 1 spiro atoms. The maximum atomic E-state index is 2.42. The molecule has 4 aromatic rings. The normalized spacial score (nSPS) is 14.9. The van der Waals surface area contributed by atoms with Gasteiger partial charge in [-0.05, 0) is 57.9 Å². The van der Waals surface area contributed by atoms with Crippen molar-refractivity contribution in [3.63, 3.8) is 0 Å². The van der Waals surface area contributed by atoms with Crippen LogP contribution in [0.25, 0.3) is 11.1 Å². The van der Waals surface area contributed by atoms with E-state index in [1.807, 2.05) is 0 Å². The van der Waals surface area contributed by atoms with E-state index in [1.165, 1.54) is 54.4 Å². The summed E-state index contributed by atoms with van der Waals surface area (Å²) in [6.07, 6.45) is 0. The van der Waals surface area contributed by atoms with Crippen LogP contribution in [0.1, 0.15) is 11.1 Å². The summed E-state index contributed by atoms with van der Waals surface area (Å²) in [6, 6.07) is 32.4. The first-order chi connectivity index (χ1) is 14.1. The molecule has 2 heterocycles. The van der Waals surface area contributed by atoms with E-state index < -0.39 is 8.07 Å². The van der Waals surface area contributed by atoms with Crippen LogP contribution in [0.3, 0.4) is 0 Å². The number of para-hydroxylation sites is 2. The van der Waals surface area contributed by atoms with Crippen molar-refractivity contribution in [3.8, 4) is 11.1 Å². The van der Waals surface area contributed by atoms with Crippen molar-refractivity contribution in [1.29, 1.82) is 0 Å². The van der Waals surface area contributed by atoms with Gasteiger partial charge in [-0.3, -0.25) is 0 Å². The molecular weight excluding hydrogens is 366 g/mol. The van der Waals surface area contributed by atoms with Crippen LogP contribution >= 0.6 is 0 Å². The Morgan fingerprint density at radius 3 is 1.48 bits per heavy atom. The second kappa shape index (κ2) is 5.71. The summed E-state index contributed by atoms with van der Waals surface area (Å²) in [7, 11) is -0.123. The smallest absolute Gasteiger partial charge is 0.185 e. The molecule has 140 valence electrons. The fourth-order valence-corrected chi connectivity index (χ4v) is 11.2. The topological polar surface area (TPSA) is 3.24 Å². The Balaban J connectivity index is 1.86. The highest BCUT2D eigenvalue weighted by molar-refractivity contribution is 7.23. The van der Waals surface area contributed by atoms with E-state index in [0.29, 0.717) is 0 Å². The number of hydrogen-bond acceptors (Lipinski definition) is 1. The zero-order valence-corrected chi connectivity index (χ0v) is 18.0. The van der Waals surface area contributed by atoms with E-state index in [2.05, 4.69) is 111 Å². The minimum absolute atomic E-state index is 1.33. The van der Waals surface area contributed by atoms with E-state index in [0.717, 1.165) is 0 Å². The van der Waals surface area contributed by atoms with Crippen LogP contribution < -0.4 is 25.6 Å². The molecule has 0 N–H and O–H groups in total. The van der Waals surface area contributed by atoms with E-state index in [-0.39, 0.29) is 0 Å². The Labute approximate surface area is 173 Å². The standard InChI is InChI=1S/C27H23NSi/c1-18-12-14-24-20(16-18)21-17-19(2)13-15-25(21)29(24)26-10-6-4-8-22(26)28(3)23-9-5-7-11-27(23)29/h4-17H,1-3H3. The van der Waals surface area contributed by atoms with Gasteiger partial charge in [-0.2, -0.15) is 0 Å². The Morgan fingerprint density at radius 2 is 1.00 bits per heavy atom. The third kappa shape index (κ3) is 1.99. The molecule has 6 rings (SSSR count). The van der Waals surface area contributed by atoms with Gasteiger partial charge in [0, 0.05) is 18.4 Å². The van der Waals surface area contributed by atoms with Gasteiger partial charge in [-0.1, -0.05) is 83.9 Å². The Hall–Kier alpha value is -3.10. The lowest BCUT2D eigenvalue weighted by molar-refractivity contribution is 1.22. The fourth-order valence-electron chi connectivity index (χ4n) is 5.58. The van der Waals surface area contributed by atoms with Gasteiger partial charge in [-0.25, -0.2) is 0 Å². The minimum Gasteiger partial charge on any atom is -0.345 e. The summed E-state index contributed by atoms with van der Waals surface area (Å²) < 4.78 is 0. The monoisotopic (exact) mass is 389 g/mol. The molecule has 0 radical (unpaired) electrons. The summed E-state index contributed by atoms with van der Waals surface area (Å²) >= 11 is 0. The largest absolute Gasteiger partial charge is 0.345 e. The second-order valence-corrected chi connectivity index (χ2v) is 12.1.